The van der Waals surface area contributed by atoms with E-state index in [9.17, 15) is 14.7 Å². The molecule has 0 spiro atoms. The molecule has 2 atom stereocenters. The van der Waals surface area contributed by atoms with Crippen LogP contribution in [0.2, 0.25) is 0 Å². The van der Waals surface area contributed by atoms with E-state index in [4.69, 9.17) is 14.1 Å². The molecule has 13 nitrogen and oxygen atoms in total. The van der Waals surface area contributed by atoms with E-state index in [1.54, 1.807) is 17.9 Å². The number of carbonyl (C=O) groups excluding carboxylic acids is 2. The van der Waals surface area contributed by atoms with Crippen LogP contribution in [0, 0.1) is 12.8 Å². The molecule has 0 radical (unpaired) electrons. The maximum absolute atomic E-state index is 13.3. The average Bonchev–Trinajstić information content (AvgIpc) is 3.44. The zero-order valence-electron chi connectivity index (χ0n) is 26.1. The van der Waals surface area contributed by atoms with E-state index in [0.29, 0.717) is 56.1 Å². The zero-order valence-corrected chi connectivity index (χ0v) is 26.1. The van der Waals surface area contributed by atoms with E-state index < -0.39 is 6.10 Å². The zero-order chi connectivity index (χ0) is 31.5. The van der Waals surface area contributed by atoms with Crippen molar-refractivity contribution in [3.05, 3.63) is 58.9 Å². The fourth-order valence-electron chi connectivity index (χ4n) is 5.93. The van der Waals surface area contributed by atoms with Gasteiger partial charge in [-0.2, -0.15) is 4.98 Å². The minimum Gasteiger partial charge on any atom is -0.486 e. The molecule has 45 heavy (non-hydrogen) atoms. The molecule has 6 rings (SSSR count). The summed E-state index contributed by atoms with van der Waals surface area (Å²) >= 11 is 0. The van der Waals surface area contributed by atoms with Crippen molar-refractivity contribution in [3.63, 3.8) is 0 Å². The topological polar surface area (TPSA) is 158 Å². The number of rotatable bonds is 10. The Morgan fingerprint density at radius 3 is 2.71 bits per heavy atom. The smallest absolute Gasteiger partial charge is 0.270 e. The Bertz CT molecular complexity index is 1510. The maximum atomic E-state index is 13.3. The van der Waals surface area contributed by atoms with Crippen molar-refractivity contribution >= 4 is 23.6 Å². The highest BCUT2D eigenvalue weighted by molar-refractivity contribution is 5.93. The number of piperidine rings is 1. The van der Waals surface area contributed by atoms with E-state index in [1.165, 1.54) is 6.39 Å². The number of aromatic nitrogens is 3. The number of aliphatic hydroxyl groups is 1. The van der Waals surface area contributed by atoms with E-state index in [2.05, 4.69) is 37.7 Å². The number of carbonyl (C=O) groups is 2. The SMILES string of the molecule is CC(=O)N1CC(Nc2cc(C(=O)NC[C@@H](O)[C@@H]3Cc4ccc(OCc5ocnc5C)cc4CN3)nc(N3CCC(C)CC3)n2)C1. The van der Waals surface area contributed by atoms with E-state index in [0.717, 1.165) is 48.5 Å². The predicted molar refractivity (Wildman–Crippen MR) is 167 cm³/mol. The molecule has 5 heterocycles. The normalized spacial score (nSPS) is 19.4. The average molecular weight is 619 g/mol. The second-order valence-corrected chi connectivity index (χ2v) is 12.4. The number of nitrogens with zero attached hydrogens (tertiary/aromatic N) is 5. The van der Waals surface area contributed by atoms with Gasteiger partial charge in [-0.3, -0.25) is 9.59 Å². The number of anilines is 2. The van der Waals surface area contributed by atoms with Gasteiger partial charge in [-0.25, -0.2) is 9.97 Å². The molecule has 3 aliphatic rings. The molecule has 3 aromatic rings. The van der Waals surface area contributed by atoms with Gasteiger partial charge in [0.25, 0.3) is 5.91 Å². The van der Waals surface area contributed by atoms with Crippen molar-refractivity contribution in [2.75, 3.05) is 42.9 Å². The summed E-state index contributed by atoms with van der Waals surface area (Å²) in [5, 5.41) is 20.7. The summed E-state index contributed by atoms with van der Waals surface area (Å²) in [5.74, 6) is 2.83. The molecular weight excluding hydrogens is 576 g/mol. The number of ether oxygens (including phenoxy) is 1. The van der Waals surface area contributed by atoms with Gasteiger partial charge in [-0.1, -0.05) is 13.0 Å². The van der Waals surface area contributed by atoms with Crippen molar-refractivity contribution in [1.29, 1.82) is 0 Å². The molecule has 0 unspecified atom stereocenters. The Kier molecular flexibility index (Phi) is 9.17. The van der Waals surface area contributed by atoms with Crippen LogP contribution in [0.3, 0.4) is 0 Å². The van der Waals surface area contributed by atoms with Crippen LogP contribution in [0.5, 0.6) is 5.75 Å². The van der Waals surface area contributed by atoms with Gasteiger partial charge >= 0.3 is 0 Å². The Morgan fingerprint density at radius 2 is 1.98 bits per heavy atom. The first kappa shape index (κ1) is 30.8. The Hall–Kier alpha value is -4.23. The highest BCUT2D eigenvalue weighted by Gasteiger charge is 2.30. The highest BCUT2D eigenvalue weighted by Crippen LogP contribution is 2.25. The molecule has 2 saturated heterocycles. The number of likely N-dealkylation sites (tertiary alicyclic amines) is 1. The van der Waals surface area contributed by atoms with Crippen LogP contribution >= 0.6 is 0 Å². The summed E-state index contributed by atoms with van der Waals surface area (Å²) in [6, 6.07) is 7.43. The quantitative estimate of drug-likeness (QED) is 0.264. The lowest BCUT2D eigenvalue weighted by atomic mass is 9.92. The third-order valence-corrected chi connectivity index (χ3v) is 9.02. The van der Waals surface area contributed by atoms with Crippen molar-refractivity contribution in [3.8, 4) is 5.75 Å². The van der Waals surface area contributed by atoms with Gasteiger partial charge < -0.3 is 40.0 Å². The first-order chi connectivity index (χ1) is 21.7. The molecule has 13 heteroatoms. The fourth-order valence-corrected chi connectivity index (χ4v) is 5.93. The van der Waals surface area contributed by atoms with Crippen LogP contribution in [-0.4, -0.2) is 87.7 Å². The van der Waals surface area contributed by atoms with Gasteiger partial charge in [0.2, 0.25) is 11.9 Å². The molecule has 3 aliphatic heterocycles. The summed E-state index contributed by atoms with van der Waals surface area (Å²) in [6.45, 7) is 9.48. The number of aryl methyl sites for hydroxylation is 1. The third kappa shape index (κ3) is 7.36. The first-order valence-electron chi connectivity index (χ1n) is 15.7. The molecule has 4 N–H and O–H groups in total. The molecule has 2 amide bonds. The summed E-state index contributed by atoms with van der Waals surface area (Å²) in [6.07, 6.45) is 3.31. The lowest BCUT2D eigenvalue weighted by molar-refractivity contribution is -0.132. The van der Waals surface area contributed by atoms with E-state index >= 15 is 0 Å². The predicted octanol–water partition coefficient (Wildman–Crippen LogP) is 2.04. The van der Waals surface area contributed by atoms with Crippen LogP contribution in [-0.2, 0) is 24.4 Å². The Morgan fingerprint density at radius 1 is 1.18 bits per heavy atom. The van der Waals surface area contributed by atoms with Crippen molar-refractivity contribution in [2.24, 2.45) is 5.92 Å². The fraction of sp³-hybridized carbons (Fsp3) is 0.531. The van der Waals surface area contributed by atoms with Gasteiger partial charge in [0, 0.05) is 58.3 Å². The maximum Gasteiger partial charge on any atom is 0.270 e. The number of aliphatic hydroxyl groups excluding tert-OH is 1. The third-order valence-electron chi connectivity index (χ3n) is 9.02. The van der Waals surface area contributed by atoms with Gasteiger partial charge in [-0.15, -0.1) is 0 Å². The van der Waals surface area contributed by atoms with E-state index in [-0.39, 0.29) is 36.1 Å². The van der Waals surface area contributed by atoms with Crippen molar-refractivity contribution < 1.29 is 23.8 Å². The molecular formula is C32H42N8O5. The molecule has 2 aromatic heterocycles. The monoisotopic (exact) mass is 618 g/mol. The second-order valence-electron chi connectivity index (χ2n) is 12.4. The van der Waals surface area contributed by atoms with Crippen LogP contribution in [0.1, 0.15) is 59.8 Å². The van der Waals surface area contributed by atoms with Crippen LogP contribution in [0.25, 0.3) is 0 Å². The summed E-state index contributed by atoms with van der Waals surface area (Å²) in [7, 11) is 0. The van der Waals surface area contributed by atoms with Crippen molar-refractivity contribution in [2.45, 2.75) is 71.4 Å². The van der Waals surface area contributed by atoms with Gasteiger partial charge in [0.1, 0.15) is 23.9 Å². The molecule has 0 aliphatic carbocycles. The number of hydrogen-bond acceptors (Lipinski definition) is 11. The van der Waals surface area contributed by atoms with Gasteiger partial charge in [0.05, 0.1) is 17.8 Å². The first-order valence-corrected chi connectivity index (χ1v) is 15.7. The number of oxazole rings is 1. The van der Waals surface area contributed by atoms with Crippen molar-refractivity contribution in [1.82, 2.24) is 30.5 Å². The number of hydrogen-bond donors (Lipinski definition) is 4. The molecule has 0 saturated carbocycles. The lowest BCUT2D eigenvalue weighted by Gasteiger charge is -2.39. The molecule has 0 bridgehead atoms. The number of amides is 2. The largest absolute Gasteiger partial charge is 0.486 e. The van der Waals surface area contributed by atoms with E-state index in [1.807, 2.05) is 25.1 Å². The molecule has 1 aromatic carbocycles. The minimum atomic E-state index is -0.803. The lowest BCUT2D eigenvalue weighted by Crippen LogP contribution is -2.56. The Labute approximate surface area is 262 Å². The summed E-state index contributed by atoms with van der Waals surface area (Å²) in [5.41, 5.74) is 3.28. The van der Waals surface area contributed by atoms with Crippen LogP contribution in [0.4, 0.5) is 11.8 Å². The summed E-state index contributed by atoms with van der Waals surface area (Å²) < 4.78 is 11.2. The molecule has 2 fully saturated rings. The van der Waals surface area contributed by atoms with Gasteiger partial charge in [-0.05, 0) is 55.4 Å². The number of fused-ring (bicyclic) bond motifs is 1. The summed E-state index contributed by atoms with van der Waals surface area (Å²) in [4.78, 5) is 42.3. The number of benzene rings is 1. The molecule has 240 valence electrons. The second kappa shape index (κ2) is 13.4. The van der Waals surface area contributed by atoms with Gasteiger partial charge in [0.15, 0.2) is 12.2 Å². The van der Waals surface area contributed by atoms with Crippen LogP contribution in [0.15, 0.2) is 35.1 Å². The van der Waals surface area contributed by atoms with Crippen LogP contribution < -0.4 is 25.6 Å². The minimum absolute atomic E-state index is 0.0429. The highest BCUT2D eigenvalue weighted by atomic mass is 16.5. The standard InChI is InChI=1S/C32H42N8O5/c1-19-6-8-39(9-7-19)32-37-27(12-30(38-32)36-24-15-40(16-24)21(3)41)31(43)34-14-28(42)26-11-22-4-5-25(10-23(22)13-33-26)44-17-29-20(2)35-18-45-29/h4-5,10,12,18-19,24,26,28,33,42H,6-9,11,13-17H2,1-3H3,(H,34,43)(H,36,37,38)/t26-,28+/m0/s1. The number of nitrogens with one attached hydrogen (secondary N) is 3. The Balaban J connectivity index is 1.06.